The van der Waals surface area contributed by atoms with Gasteiger partial charge in [0.15, 0.2) is 0 Å². The van der Waals surface area contributed by atoms with Crippen LogP contribution in [0.2, 0.25) is 0 Å². The second kappa shape index (κ2) is 8.50. The summed E-state index contributed by atoms with van der Waals surface area (Å²) in [7, 11) is 0. The molecule has 3 atom stereocenters. The maximum Gasteiger partial charge on any atom is 0.0320 e. The highest BCUT2D eigenvalue weighted by Crippen LogP contribution is 2.34. The summed E-state index contributed by atoms with van der Waals surface area (Å²) < 4.78 is 0. The highest BCUT2D eigenvalue weighted by atomic mass is 32.2. The van der Waals surface area contributed by atoms with Crippen molar-refractivity contribution in [2.75, 3.05) is 18.1 Å². The van der Waals surface area contributed by atoms with Crippen LogP contribution in [0.3, 0.4) is 0 Å². The molecule has 1 heterocycles. The number of hydrogen-bond donors (Lipinski definition) is 1. The molecular formula is C18H29NS2. The van der Waals surface area contributed by atoms with E-state index in [2.05, 4.69) is 74.7 Å². The van der Waals surface area contributed by atoms with Crippen molar-refractivity contribution in [2.45, 2.75) is 57.1 Å². The van der Waals surface area contributed by atoms with Crippen LogP contribution < -0.4 is 5.32 Å². The molecule has 1 N–H and O–H groups in total. The van der Waals surface area contributed by atoms with Crippen LogP contribution >= 0.6 is 23.5 Å². The van der Waals surface area contributed by atoms with Gasteiger partial charge in [0, 0.05) is 28.0 Å². The first kappa shape index (κ1) is 17.2. The minimum atomic E-state index is 0.595. The van der Waals surface area contributed by atoms with Crippen molar-refractivity contribution in [3.8, 4) is 0 Å². The first-order valence-electron chi connectivity index (χ1n) is 8.15. The normalized spacial score (nSPS) is 24.0. The molecule has 0 spiro atoms. The Hall–Kier alpha value is -0.120. The fourth-order valence-corrected chi connectivity index (χ4v) is 6.08. The van der Waals surface area contributed by atoms with Gasteiger partial charge in [-0.2, -0.15) is 23.5 Å². The second-order valence-corrected chi connectivity index (χ2v) is 8.82. The van der Waals surface area contributed by atoms with Crippen molar-refractivity contribution >= 4 is 23.5 Å². The van der Waals surface area contributed by atoms with Crippen LogP contribution in [0.5, 0.6) is 0 Å². The predicted molar refractivity (Wildman–Crippen MR) is 99.9 cm³/mol. The molecule has 1 saturated heterocycles. The molecule has 0 radical (unpaired) electrons. The summed E-state index contributed by atoms with van der Waals surface area (Å²) >= 11 is 4.32. The lowest BCUT2D eigenvalue weighted by molar-refractivity contribution is 0.485. The van der Waals surface area contributed by atoms with Crippen LogP contribution in [-0.4, -0.2) is 34.6 Å². The van der Waals surface area contributed by atoms with Crippen molar-refractivity contribution in [1.82, 2.24) is 5.32 Å². The van der Waals surface area contributed by atoms with Crippen LogP contribution in [0.4, 0.5) is 0 Å². The third kappa shape index (κ3) is 4.67. The zero-order valence-electron chi connectivity index (χ0n) is 13.8. The van der Waals surface area contributed by atoms with Crippen LogP contribution in [0.25, 0.3) is 0 Å². The van der Waals surface area contributed by atoms with E-state index in [9.17, 15) is 0 Å². The summed E-state index contributed by atoms with van der Waals surface area (Å²) in [6.07, 6.45) is 2.38. The summed E-state index contributed by atoms with van der Waals surface area (Å²) in [6, 6.07) is 7.28. The summed E-state index contributed by atoms with van der Waals surface area (Å²) in [4.78, 5) is 0. The van der Waals surface area contributed by atoms with Gasteiger partial charge >= 0.3 is 0 Å². The van der Waals surface area contributed by atoms with Gasteiger partial charge in [0.2, 0.25) is 0 Å². The van der Waals surface area contributed by atoms with E-state index < -0.39 is 0 Å². The molecule has 1 aliphatic rings. The molecule has 21 heavy (non-hydrogen) atoms. The number of thioether (sulfide) groups is 2. The molecule has 0 aliphatic carbocycles. The number of rotatable bonds is 6. The SMILES string of the molecule is CCCNC(Cc1c(C)cccc1C)C1SCCSC1C. The lowest BCUT2D eigenvalue weighted by Crippen LogP contribution is -2.46. The molecule has 3 unspecified atom stereocenters. The predicted octanol–water partition coefficient (Wildman–Crippen LogP) is 4.45. The standard InChI is InChI=1S/C18H29NS2/c1-5-9-19-17(18-15(4)20-10-11-21-18)12-16-13(2)7-6-8-14(16)3/h6-8,15,17-19H,5,9-12H2,1-4H3. The highest BCUT2D eigenvalue weighted by molar-refractivity contribution is 8.07. The molecular weight excluding hydrogens is 294 g/mol. The lowest BCUT2D eigenvalue weighted by atomic mass is 9.94. The van der Waals surface area contributed by atoms with E-state index in [1.165, 1.54) is 35.5 Å². The molecule has 2 rings (SSSR count). The molecule has 1 aromatic rings. The maximum atomic E-state index is 3.84. The molecule has 0 amide bonds. The Labute approximate surface area is 139 Å². The summed E-state index contributed by atoms with van der Waals surface area (Å²) in [5.74, 6) is 2.61. The van der Waals surface area contributed by atoms with Crippen LogP contribution in [-0.2, 0) is 6.42 Å². The molecule has 0 saturated carbocycles. The van der Waals surface area contributed by atoms with Gasteiger partial charge in [-0.25, -0.2) is 0 Å². The zero-order chi connectivity index (χ0) is 15.2. The van der Waals surface area contributed by atoms with Crippen molar-refractivity contribution in [1.29, 1.82) is 0 Å². The minimum absolute atomic E-state index is 0.595. The molecule has 3 heteroatoms. The first-order valence-corrected chi connectivity index (χ1v) is 10.2. The van der Waals surface area contributed by atoms with Crippen molar-refractivity contribution in [2.24, 2.45) is 0 Å². The minimum Gasteiger partial charge on any atom is -0.313 e. The van der Waals surface area contributed by atoms with E-state index >= 15 is 0 Å². The summed E-state index contributed by atoms with van der Waals surface area (Å²) in [5, 5.41) is 5.32. The number of nitrogens with one attached hydrogen (secondary N) is 1. The third-order valence-electron chi connectivity index (χ3n) is 4.36. The monoisotopic (exact) mass is 323 g/mol. The van der Waals surface area contributed by atoms with E-state index in [1.807, 2.05) is 0 Å². The topological polar surface area (TPSA) is 12.0 Å². The lowest BCUT2D eigenvalue weighted by Gasteiger charge is -2.35. The Morgan fingerprint density at radius 3 is 2.48 bits per heavy atom. The van der Waals surface area contributed by atoms with Crippen LogP contribution in [0.15, 0.2) is 18.2 Å². The fraction of sp³-hybridized carbons (Fsp3) is 0.667. The van der Waals surface area contributed by atoms with E-state index in [4.69, 9.17) is 0 Å². The third-order valence-corrected chi connectivity index (χ3v) is 7.61. The van der Waals surface area contributed by atoms with Crippen molar-refractivity contribution in [3.63, 3.8) is 0 Å². The first-order chi connectivity index (χ1) is 10.1. The molecule has 118 valence electrons. The zero-order valence-corrected chi connectivity index (χ0v) is 15.4. The van der Waals surface area contributed by atoms with E-state index in [0.717, 1.165) is 17.0 Å². The van der Waals surface area contributed by atoms with E-state index in [1.54, 1.807) is 5.56 Å². The van der Waals surface area contributed by atoms with Gasteiger partial charge in [0.05, 0.1) is 0 Å². The quantitative estimate of drug-likeness (QED) is 0.830. The van der Waals surface area contributed by atoms with Gasteiger partial charge in [-0.3, -0.25) is 0 Å². The molecule has 0 aromatic heterocycles. The Morgan fingerprint density at radius 1 is 1.19 bits per heavy atom. The number of hydrogen-bond acceptors (Lipinski definition) is 3. The average Bonchev–Trinajstić information content (AvgIpc) is 2.47. The van der Waals surface area contributed by atoms with Gasteiger partial charge in [0.25, 0.3) is 0 Å². The van der Waals surface area contributed by atoms with Crippen LogP contribution in [0.1, 0.15) is 37.0 Å². The average molecular weight is 324 g/mol. The van der Waals surface area contributed by atoms with Gasteiger partial charge < -0.3 is 5.32 Å². The molecule has 0 bridgehead atoms. The van der Waals surface area contributed by atoms with Crippen molar-refractivity contribution < 1.29 is 0 Å². The fourth-order valence-electron chi connectivity index (χ4n) is 3.12. The Kier molecular flexibility index (Phi) is 6.97. The van der Waals surface area contributed by atoms with Gasteiger partial charge in [-0.15, -0.1) is 0 Å². The summed E-state index contributed by atoms with van der Waals surface area (Å²) in [5.41, 5.74) is 4.44. The molecule has 1 aliphatic heterocycles. The van der Waals surface area contributed by atoms with Gasteiger partial charge in [-0.05, 0) is 49.9 Å². The Balaban J connectivity index is 2.15. The van der Waals surface area contributed by atoms with Crippen molar-refractivity contribution in [3.05, 3.63) is 34.9 Å². The maximum absolute atomic E-state index is 3.84. The van der Waals surface area contributed by atoms with Crippen LogP contribution in [0, 0.1) is 13.8 Å². The second-order valence-electron chi connectivity index (χ2n) is 6.05. The number of aryl methyl sites for hydroxylation is 2. The molecule has 1 fully saturated rings. The molecule has 1 aromatic carbocycles. The van der Waals surface area contributed by atoms with Gasteiger partial charge in [0.1, 0.15) is 0 Å². The summed E-state index contributed by atoms with van der Waals surface area (Å²) in [6.45, 7) is 10.3. The Morgan fingerprint density at radius 2 is 1.86 bits per heavy atom. The molecule has 1 nitrogen and oxygen atoms in total. The smallest absolute Gasteiger partial charge is 0.0320 e. The number of benzene rings is 1. The van der Waals surface area contributed by atoms with E-state index in [0.29, 0.717) is 6.04 Å². The Bertz CT molecular complexity index is 427. The van der Waals surface area contributed by atoms with Gasteiger partial charge in [-0.1, -0.05) is 32.0 Å². The largest absolute Gasteiger partial charge is 0.313 e. The van der Waals surface area contributed by atoms with E-state index in [-0.39, 0.29) is 0 Å². The highest BCUT2D eigenvalue weighted by Gasteiger charge is 2.30.